The van der Waals surface area contributed by atoms with Crippen molar-refractivity contribution >= 4 is 5.91 Å². The fraction of sp³-hybridized carbons (Fsp3) is 0.278. The number of methoxy groups -OCH3 is 1. The molecule has 0 aliphatic carbocycles. The Bertz CT molecular complexity index is 628. The van der Waals surface area contributed by atoms with E-state index in [0.717, 1.165) is 5.56 Å². The standard InChI is InChI=1S/C18H21NO4/c1-22-10-9-19-18(21)12-15-11-16(20)7-8-17(15)23-13-14-5-3-2-4-6-14/h2-8,11,20H,9-10,12-13H2,1H3,(H,19,21). The SMILES string of the molecule is COCCNC(=O)Cc1cc(O)ccc1OCc1ccccc1. The van der Waals surface area contributed by atoms with Gasteiger partial charge in [-0.2, -0.15) is 0 Å². The third-order valence-corrected chi connectivity index (χ3v) is 3.26. The summed E-state index contributed by atoms with van der Waals surface area (Å²) >= 11 is 0. The van der Waals surface area contributed by atoms with Crippen LogP contribution in [-0.4, -0.2) is 31.3 Å². The molecule has 122 valence electrons. The van der Waals surface area contributed by atoms with Gasteiger partial charge in [0.15, 0.2) is 0 Å². The number of hydrogen-bond donors (Lipinski definition) is 2. The topological polar surface area (TPSA) is 67.8 Å². The Hall–Kier alpha value is -2.53. The van der Waals surface area contributed by atoms with Crippen molar-refractivity contribution in [2.45, 2.75) is 13.0 Å². The average Bonchev–Trinajstić information content (AvgIpc) is 2.55. The number of carbonyl (C=O) groups is 1. The summed E-state index contributed by atoms with van der Waals surface area (Å²) in [4.78, 5) is 11.9. The monoisotopic (exact) mass is 315 g/mol. The van der Waals surface area contributed by atoms with E-state index in [-0.39, 0.29) is 18.1 Å². The van der Waals surface area contributed by atoms with Crippen LogP contribution < -0.4 is 10.1 Å². The summed E-state index contributed by atoms with van der Waals surface area (Å²) in [5, 5.41) is 12.4. The summed E-state index contributed by atoms with van der Waals surface area (Å²) in [6.07, 6.45) is 0.141. The van der Waals surface area contributed by atoms with E-state index in [4.69, 9.17) is 9.47 Å². The minimum absolute atomic E-state index is 0.108. The lowest BCUT2D eigenvalue weighted by atomic mass is 10.1. The number of carbonyl (C=O) groups excluding carboxylic acids is 1. The Kier molecular flexibility index (Phi) is 6.44. The van der Waals surface area contributed by atoms with Crippen LogP contribution in [0.3, 0.4) is 0 Å². The minimum atomic E-state index is -0.141. The van der Waals surface area contributed by atoms with Gasteiger partial charge >= 0.3 is 0 Å². The van der Waals surface area contributed by atoms with Gasteiger partial charge in [-0.1, -0.05) is 30.3 Å². The number of phenols is 1. The Morgan fingerprint density at radius 3 is 2.70 bits per heavy atom. The van der Waals surface area contributed by atoms with E-state index < -0.39 is 0 Å². The molecule has 0 atom stereocenters. The van der Waals surface area contributed by atoms with Crippen molar-refractivity contribution in [2.75, 3.05) is 20.3 Å². The first-order valence-electron chi connectivity index (χ1n) is 7.43. The van der Waals surface area contributed by atoms with Crippen molar-refractivity contribution in [3.8, 4) is 11.5 Å². The van der Waals surface area contributed by atoms with Gasteiger partial charge in [0, 0.05) is 19.2 Å². The van der Waals surface area contributed by atoms with Crippen LogP contribution in [0.2, 0.25) is 0 Å². The fourth-order valence-corrected chi connectivity index (χ4v) is 2.11. The maximum Gasteiger partial charge on any atom is 0.224 e. The highest BCUT2D eigenvalue weighted by atomic mass is 16.5. The maximum atomic E-state index is 11.9. The lowest BCUT2D eigenvalue weighted by molar-refractivity contribution is -0.120. The molecule has 2 N–H and O–H groups in total. The second-order valence-corrected chi connectivity index (χ2v) is 5.09. The largest absolute Gasteiger partial charge is 0.508 e. The van der Waals surface area contributed by atoms with Gasteiger partial charge < -0.3 is 19.9 Å². The van der Waals surface area contributed by atoms with Crippen molar-refractivity contribution in [1.29, 1.82) is 0 Å². The Morgan fingerprint density at radius 2 is 1.96 bits per heavy atom. The molecule has 0 bridgehead atoms. The average molecular weight is 315 g/mol. The van der Waals surface area contributed by atoms with E-state index in [0.29, 0.717) is 31.1 Å². The minimum Gasteiger partial charge on any atom is -0.508 e. The van der Waals surface area contributed by atoms with Crippen LogP contribution >= 0.6 is 0 Å². The molecular weight excluding hydrogens is 294 g/mol. The molecule has 5 heteroatoms. The zero-order valence-electron chi connectivity index (χ0n) is 13.1. The summed E-state index contributed by atoms with van der Waals surface area (Å²) in [5.41, 5.74) is 1.69. The van der Waals surface area contributed by atoms with E-state index in [2.05, 4.69) is 5.32 Å². The van der Waals surface area contributed by atoms with E-state index >= 15 is 0 Å². The van der Waals surface area contributed by atoms with Crippen LogP contribution in [0.15, 0.2) is 48.5 Å². The molecule has 0 aromatic heterocycles. The number of hydrogen-bond acceptors (Lipinski definition) is 4. The highest BCUT2D eigenvalue weighted by molar-refractivity contribution is 5.79. The molecule has 2 rings (SSSR count). The van der Waals surface area contributed by atoms with E-state index in [1.165, 1.54) is 0 Å². The molecule has 0 spiro atoms. The highest BCUT2D eigenvalue weighted by Crippen LogP contribution is 2.25. The molecule has 1 amide bonds. The highest BCUT2D eigenvalue weighted by Gasteiger charge is 2.10. The second-order valence-electron chi connectivity index (χ2n) is 5.09. The van der Waals surface area contributed by atoms with Crippen LogP contribution in [0.5, 0.6) is 11.5 Å². The summed E-state index contributed by atoms with van der Waals surface area (Å²) < 4.78 is 10.7. The lowest BCUT2D eigenvalue weighted by Crippen LogP contribution is -2.28. The number of phenolic OH excluding ortho intramolecular Hbond substituents is 1. The first-order chi connectivity index (χ1) is 11.2. The van der Waals surface area contributed by atoms with Gasteiger partial charge in [0.05, 0.1) is 13.0 Å². The zero-order valence-corrected chi connectivity index (χ0v) is 13.1. The van der Waals surface area contributed by atoms with Crippen molar-refractivity contribution in [1.82, 2.24) is 5.32 Å². The summed E-state index contributed by atoms with van der Waals surface area (Å²) in [5.74, 6) is 0.558. The van der Waals surface area contributed by atoms with Crippen LogP contribution in [0, 0.1) is 0 Å². The van der Waals surface area contributed by atoms with E-state index in [1.54, 1.807) is 25.3 Å². The van der Waals surface area contributed by atoms with Crippen LogP contribution in [0.25, 0.3) is 0 Å². The van der Waals surface area contributed by atoms with Crippen molar-refractivity contribution in [2.24, 2.45) is 0 Å². The molecule has 0 radical (unpaired) electrons. The van der Waals surface area contributed by atoms with E-state index in [1.807, 2.05) is 30.3 Å². The molecule has 0 saturated carbocycles. The normalized spacial score (nSPS) is 10.3. The molecule has 0 unspecified atom stereocenters. The van der Waals surface area contributed by atoms with Gasteiger partial charge in [-0.05, 0) is 23.8 Å². The Morgan fingerprint density at radius 1 is 1.17 bits per heavy atom. The van der Waals surface area contributed by atoms with Gasteiger partial charge in [-0.25, -0.2) is 0 Å². The van der Waals surface area contributed by atoms with Crippen LogP contribution in [0.4, 0.5) is 0 Å². The molecule has 0 saturated heterocycles. The molecule has 2 aromatic carbocycles. The van der Waals surface area contributed by atoms with Gasteiger partial charge in [-0.3, -0.25) is 4.79 Å². The number of aromatic hydroxyl groups is 1. The molecule has 2 aromatic rings. The first-order valence-corrected chi connectivity index (χ1v) is 7.43. The summed E-state index contributed by atoms with van der Waals surface area (Å²) in [7, 11) is 1.58. The molecule has 0 fully saturated rings. The van der Waals surface area contributed by atoms with E-state index in [9.17, 15) is 9.90 Å². The Balaban J connectivity index is 2.00. The number of nitrogens with one attached hydrogen (secondary N) is 1. The first kappa shape index (κ1) is 16.8. The van der Waals surface area contributed by atoms with Gasteiger partial charge in [0.2, 0.25) is 5.91 Å². The maximum absolute atomic E-state index is 11.9. The predicted molar refractivity (Wildman–Crippen MR) is 87.5 cm³/mol. The lowest BCUT2D eigenvalue weighted by Gasteiger charge is -2.12. The van der Waals surface area contributed by atoms with Gasteiger partial charge in [0.25, 0.3) is 0 Å². The molecule has 5 nitrogen and oxygen atoms in total. The van der Waals surface area contributed by atoms with Crippen LogP contribution in [-0.2, 0) is 22.6 Å². The Labute approximate surface area is 135 Å². The smallest absolute Gasteiger partial charge is 0.224 e. The van der Waals surface area contributed by atoms with Crippen LogP contribution in [0.1, 0.15) is 11.1 Å². The fourth-order valence-electron chi connectivity index (χ4n) is 2.11. The molecular formula is C18H21NO4. The summed E-state index contributed by atoms with van der Waals surface area (Å²) in [6, 6.07) is 14.5. The van der Waals surface area contributed by atoms with Crippen molar-refractivity contribution in [3.63, 3.8) is 0 Å². The second kappa shape index (κ2) is 8.80. The molecule has 0 heterocycles. The predicted octanol–water partition coefficient (Wildman–Crippen LogP) is 2.28. The summed E-state index contributed by atoms with van der Waals surface area (Å²) in [6.45, 7) is 1.32. The quantitative estimate of drug-likeness (QED) is 0.733. The van der Waals surface area contributed by atoms with Crippen molar-refractivity contribution in [3.05, 3.63) is 59.7 Å². The molecule has 23 heavy (non-hydrogen) atoms. The molecule has 0 aliphatic heterocycles. The zero-order chi connectivity index (χ0) is 16.5. The third kappa shape index (κ3) is 5.64. The number of benzene rings is 2. The third-order valence-electron chi connectivity index (χ3n) is 3.26. The number of rotatable bonds is 8. The number of ether oxygens (including phenoxy) is 2. The molecule has 0 aliphatic rings. The van der Waals surface area contributed by atoms with Gasteiger partial charge in [0.1, 0.15) is 18.1 Å². The number of amides is 1. The van der Waals surface area contributed by atoms with Gasteiger partial charge in [-0.15, -0.1) is 0 Å². The van der Waals surface area contributed by atoms with Crippen molar-refractivity contribution < 1.29 is 19.4 Å².